The van der Waals surface area contributed by atoms with Gasteiger partial charge in [0, 0.05) is 31.9 Å². The Morgan fingerprint density at radius 2 is 2.13 bits per heavy atom. The second kappa shape index (κ2) is 5.07. The Kier molecular flexibility index (Phi) is 4.03. The summed E-state index contributed by atoms with van der Waals surface area (Å²) in [5, 5.41) is 3.44. The molecule has 0 radical (unpaired) electrons. The van der Waals surface area contributed by atoms with Gasteiger partial charge in [-0.25, -0.2) is 9.97 Å². The molecule has 1 aromatic heterocycles. The highest BCUT2D eigenvalue weighted by atomic mass is 15.2. The van der Waals surface area contributed by atoms with Gasteiger partial charge in [-0.15, -0.1) is 0 Å². The minimum atomic E-state index is 0.173. The van der Waals surface area contributed by atoms with Crippen molar-refractivity contribution in [3.8, 4) is 0 Å². The van der Waals surface area contributed by atoms with E-state index in [0.29, 0.717) is 0 Å². The molecule has 1 aromatic rings. The van der Waals surface area contributed by atoms with Crippen molar-refractivity contribution in [3.05, 3.63) is 18.6 Å². The van der Waals surface area contributed by atoms with E-state index in [0.717, 1.165) is 18.9 Å². The van der Waals surface area contributed by atoms with Crippen LogP contribution < -0.4 is 10.2 Å². The van der Waals surface area contributed by atoms with Gasteiger partial charge in [0.1, 0.15) is 12.1 Å². The maximum Gasteiger partial charge on any atom is 0.131 e. The van der Waals surface area contributed by atoms with Gasteiger partial charge < -0.3 is 10.2 Å². The molecule has 1 rings (SSSR count). The first-order valence-corrected chi connectivity index (χ1v) is 5.21. The van der Waals surface area contributed by atoms with Crippen LogP contribution in [0.5, 0.6) is 0 Å². The molecule has 0 amide bonds. The fourth-order valence-electron chi connectivity index (χ4n) is 1.22. The van der Waals surface area contributed by atoms with E-state index in [1.807, 2.05) is 13.1 Å². The van der Waals surface area contributed by atoms with Crippen molar-refractivity contribution in [1.82, 2.24) is 15.3 Å². The second-order valence-electron chi connectivity index (χ2n) is 4.67. The van der Waals surface area contributed by atoms with Crippen molar-refractivity contribution in [2.24, 2.45) is 0 Å². The van der Waals surface area contributed by atoms with E-state index in [1.54, 1.807) is 12.5 Å². The highest BCUT2D eigenvalue weighted by molar-refractivity contribution is 5.34. The molecule has 0 bridgehead atoms. The Bertz CT molecular complexity index is 278. The summed E-state index contributed by atoms with van der Waals surface area (Å²) in [6.45, 7) is 8.38. The van der Waals surface area contributed by atoms with Crippen LogP contribution >= 0.6 is 0 Å². The zero-order valence-electron chi connectivity index (χ0n) is 9.99. The lowest BCUT2D eigenvalue weighted by molar-refractivity contribution is 0.430. The van der Waals surface area contributed by atoms with Crippen LogP contribution in [0.4, 0.5) is 5.82 Å². The molecule has 0 saturated heterocycles. The van der Waals surface area contributed by atoms with E-state index in [-0.39, 0.29) is 5.54 Å². The van der Waals surface area contributed by atoms with Crippen LogP contribution in [-0.4, -0.2) is 35.6 Å². The molecule has 0 saturated carbocycles. The molecule has 1 N–H and O–H groups in total. The molecule has 0 unspecified atom stereocenters. The zero-order chi connectivity index (χ0) is 11.3. The highest BCUT2D eigenvalue weighted by Crippen LogP contribution is 2.04. The summed E-state index contributed by atoms with van der Waals surface area (Å²) >= 11 is 0. The molecule has 0 aliphatic rings. The van der Waals surface area contributed by atoms with Crippen LogP contribution in [0.15, 0.2) is 18.6 Å². The number of likely N-dealkylation sites (N-methyl/N-ethyl adjacent to an activating group) is 1. The van der Waals surface area contributed by atoms with E-state index >= 15 is 0 Å². The van der Waals surface area contributed by atoms with E-state index in [9.17, 15) is 0 Å². The summed E-state index contributed by atoms with van der Waals surface area (Å²) in [4.78, 5) is 10.2. The van der Waals surface area contributed by atoms with Crippen LogP contribution in [0.3, 0.4) is 0 Å². The van der Waals surface area contributed by atoms with Gasteiger partial charge in [-0.1, -0.05) is 0 Å². The van der Waals surface area contributed by atoms with Crippen molar-refractivity contribution in [2.75, 3.05) is 25.0 Å². The number of nitrogens with zero attached hydrogens (tertiary/aromatic N) is 3. The first-order valence-electron chi connectivity index (χ1n) is 5.21. The van der Waals surface area contributed by atoms with E-state index in [1.165, 1.54) is 0 Å². The predicted molar refractivity (Wildman–Crippen MR) is 63.1 cm³/mol. The summed E-state index contributed by atoms with van der Waals surface area (Å²) in [5.74, 6) is 0.959. The molecule has 0 aliphatic heterocycles. The Balaban J connectivity index is 2.34. The average molecular weight is 208 g/mol. The number of anilines is 1. The fraction of sp³-hybridized carbons (Fsp3) is 0.636. The molecule has 0 fully saturated rings. The first-order chi connectivity index (χ1) is 6.99. The predicted octanol–water partition coefficient (Wildman–Crippen LogP) is 1.30. The molecule has 0 atom stereocenters. The number of rotatable bonds is 4. The van der Waals surface area contributed by atoms with Gasteiger partial charge in [0.05, 0.1) is 0 Å². The third-order valence-corrected chi connectivity index (χ3v) is 2.06. The molecule has 15 heavy (non-hydrogen) atoms. The molecule has 0 spiro atoms. The topological polar surface area (TPSA) is 41.0 Å². The number of nitrogens with one attached hydrogen (secondary N) is 1. The summed E-state index contributed by atoms with van der Waals surface area (Å²) < 4.78 is 0. The van der Waals surface area contributed by atoms with Crippen LogP contribution in [-0.2, 0) is 0 Å². The quantitative estimate of drug-likeness (QED) is 0.810. The maximum absolute atomic E-state index is 4.18. The van der Waals surface area contributed by atoms with Gasteiger partial charge in [0.25, 0.3) is 0 Å². The third kappa shape index (κ3) is 4.74. The van der Waals surface area contributed by atoms with E-state index in [2.05, 4.69) is 41.0 Å². The Hall–Kier alpha value is -1.16. The van der Waals surface area contributed by atoms with E-state index < -0.39 is 0 Å². The summed E-state index contributed by atoms with van der Waals surface area (Å²) in [5.41, 5.74) is 0.173. The van der Waals surface area contributed by atoms with Crippen molar-refractivity contribution in [2.45, 2.75) is 26.3 Å². The Labute approximate surface area is 91.7 Å². The van der Waals surface area contributed by atoms with Crippen LogP contribution in [0.25, 0.3) is 0 Å². The minimum absolute atomic E-state index is 0.173. The fourth-order valence-corrected chi connectivity index (χ4v) is 1.22. The maximum atomic E-state index is 4.18. The van der Waals surface area contributed by atoms with Crippen molar-refractivity contribution >= 4 is 5.82 Å². The number of hydrogen-bond acceptors (Lipinski definition) is 4. The highest BCUT2D eigenvalue weighted by Gasteiger charge is 2.08. The molecule has 0 aliphatic carbocycles. The van der Waals surface area contributed by atoms with Gasteiger partial charge in [0.2, 0.25) is 0 Å². The first kappa shape index (κ1) is 11.9. The van der Waals surface area contributed by atoms with Crippen molar-refractivity contribution in [3.63, 3.8) is 0 Å². The van der Waals surface area contributed by atoms with Gasteiger partial charge in [0.15, 0.2) is 0 Å². The molecule has 1 heterocycles. The normalized spacial score (nSPS) is 11.5. The molecular formula is C11H20N4. The smallest absolute Gasteiger partial charge is 0.131 e. The van der Waals surface area contributed by atoms with Crippen LogP contribution in [0.1, 0.15) is 20.8 Å². The molecule has 84 valence electrons. The van der Waals surface area contributed by atoms with Crippen molar-refractivity contribution < 1.29 is 0 Å². The van der Waals surface area contributed by atoms with Gasteiger partial charge in [-0.05, 0) is 26.8 Å². The van der Waals surface area contributed by atoms with Gasteiger partial charge >= 0.3 is 0 Å². The SMILES string of the molecule is CN(CCNC(C)(C)C)c1ccncn1. The third-order valence-electron chi connectivity index (χ3n) is 2.06. The minimum Gasteiger partial charge on any atom is -0.358 e. The Morgan fingerprint density at radius 3 is 2.67 bits per heavy atom. The van der Waals surface area contributed by atoms with Gasteiger partial charge in [-0.3, -0.25) is 0 Å². The largest absolute Gasteiger partial charge is 0.358 e. The standard InChI is InChI=1S/C11H20N4/c1-11(2,3)14-7-8-15(4)10-5-6-12-9-13-10/h5-6,9,14H,7-8H2,1-4H3. The van der Waals surface area contributed by atoms with Crippen LogP contribution in [0, 0.1) is 0 Å². The zero-order valence-corrected chi connectivity index (χ0v) is 9.99. The molecule has 4 heteroatoms. The molecule has 4 nitrogen and oxygen atoms in total. The summed E-state index contributed by atoms with van der Waals surface area (Å²) in [6.07, 6.45) is 3.33. The average Bonchev–Trinajstić information content (AvgIpc) is 2.17. The van der Waals surface area contributed by atoms with Gasteiger partial charge in [-0.2, -0.15) is 0 Å². The number of aromatic nitrogens is 2. The van der Waals surface area contributed by atoms with Crippen molar-refractivity contribution in [1.29, 1.82) is 0 Å². The summed E-state index contributed by atoms with van der Waals surface area (Å²) in [6, 6.07) is 1.91. The Morgan fingerprint density at radius 1 is 1.40 bits per heavy atom. The lowest BCUT2D eigenvalue weighted by atomic mass is 10.1. The molecule has 0 aromatic carbocycles. The molecular weight excluding hydrogens is 188 g/mol. The van der Waals surface area contributed by atoms with Crippen LogP contribution in [0.2, 0.25) is 0 Å². The lowest BCUT2D eigenvalue weighted by Crippen LogP contribution is -2.40. The monoisotopic (exact) mass is 208 g/mol. The van der Waals surface area contributed by atoms with E-state index in [4.69, 9.17) is 0 Å². The summed E-state index contributed by atoms with van der Waals surface area (Å²) in [7, 11) is 2.03. The lowest BCUT2D eigenvalue weighted by Gasteiger charge is -2.24. The second-order valence-corrected chi connectivity index (χ2v) is 4.67. The number of hydrogen-bond donors (Lipinski definition) is 1.